The Balaban J connectivity index is 0.000000261. The van der Waals surface area contributed by atoms with Gasteiger partial charge in [-0.2, -0.15) is 0 Å². The first-order chi connectivity index (χ1) is 32.3. The summed E-state index contributed by atoms with van der Waals surface area (Å²) in [6.45, 7) is 17.4. The fraction of sp³-hybridized carbons (Fsp3) is 0.620. The molecule has 0 amide bonds. The second-order valence-electron chi connectivity index (χ2n) is 17.6. The molecule has 3 aromatic carbocycles. The summed E-state index contributed by atoms with van der Waals surface area (Å²) in [5.41, 5.74) is 9.00. The Hall–Kier alpha value is -3.22. The van der Waals surface area contributed by atoms with Gasteiger partial charge in [0.15, 0.2) is 0 Å². The number of hydrogen-bond donors (Lipinski definition) is 1. The van der Waals surface area contributed by atoms with E-state index in [1.54, 1.807) is 0 Å². The second kappa shape index (κ2) is 28.6. The summed E-state index contributed by atoms with van der Waals surface area (Å²) in [5, 5.41) is 2.31. The minimum atomic E-state index is -10.7. The Labute approximate surface area is 398 Å². The average Bonchev–Trinajstić information content (AvgIpc) is 3.26. The zero-order chi connectivity index (χ0) is 49.3. The zero-order valence-electron chi connectivity index (χ0n) is 40.2. The molecule has 1 heterocycles. The molecule has 4 unspecified atom stereocenters. The third-order valence-electron chi connectivity index (χ3n) is 11.2. The number of esters is 1. The van der Waals surface area contributed by atoms with E-state index in [2.05, 4.69) is 49.5 Å². The first-order valence-electron chi connectivity index (χ1n) is 23.8. The predicted molar refractivity (Wildman–Crippen MR) is 249 cm³/mol. The molecule has 386 valence electrons. The van der Waals surface area contributed by atoms with Crippen molar-refractivity contribution in [3.63, 3.8) is 0 Å². The summed E-state index contributed by atoms with van der Waals surface area (Å²) < 4.78 is 111. The maximum atomic E-state index is 12.3. The van der Waals surface area contributed by atoms with Crippen LogP contribution in [0.15, 0.2) is 60.7 Å². The van der Waals surface area contributed by atoms with Crippen molar-refractivity contribution in [2.45, 2.75) is 123 Å². The molecule has 68 heavy (non-hydrogen) atoms. The van der Waals surface area contributed by atoms with E-state index >= 15 is 0 Å². The third kappa shape index (κ3) is 27.2. The summed E-state index contributed by atoms with van der Waals surface area (Å²) in [6, 6.07) is 20.8. The molecular formula is C50H74F6NO10P. The standard InChI is InChI=1S/C26H29NO2.C24H44O8.F6P/c1-18-9-19(2)12-24(11-18)16-27-15-22-5-7-23(8-6-22)17-29-26(28)25-13-20(3)10-21(4)14-25;1-2-6-22-21(5-1)29-17-13-25-9-10-27-15-19-31-23-7-3-4-8-24(23)32-20-16-28-12-11-26-14-18-30-22;1-7(2,3,4,5)6/h5-14,27H,15-17H2,1-4H3;21-24H,1-20H2;/q;;-1/p+1. The van der Waals surface area contributed by atoms with Crippen LogP contribution >= 0.6 is 7.81 Å². The first kappa shape index (κ1) is 57.4. The van der Waals surface area contributed by atoms with Crippen molar-refractivity contribution in [1.29, 1.82) is 0 Å². The minimum absolute atomic E-state index is 0.151. The molecule has 1 saturated heterocycles. The molecule has 0 radical (unpaired) electrons. The fourth-order valence-electron chi connectivity index (χ4n) is 8.25. The molecule has 3 fully saturated rings. The number of fused-ring (bicyclic) bond motifs is 2. The second-order valence-corrected chi connectivity index (χ2v) is 19.5. The number of ether oxygens (including phenoxy) is 9. The number of quaternary nitrogens is 1. The van der Waals surface area contributed by atoms with Crippen LogP contribution < -0.4 is 5.32 Å². The van der Waals surface area contributed by atoms with Gasteiger partial charge in [0.25, 0.3) is 0 Å². The zero-order valence-corrected chi connectivity index (χ0v) is 41.1. The quantitative estimate of drug-likeness (QED) is 0.139. The van der Waals surface area contributed by atoms with Crippen LogP contribution in [0.3, 0.4) is 0 Å². The van der Waals surface area contributed by atoms with Gasteiger partial charge in [0.1, 0.15) is 19.7 Å². The van der Waals surface area contributed by atoms with Crippen LogP contribution in [-0.2, 0) is 62.3 Å². The van der Waals surface area contributed by atoms with Gasteiger partial charge >= 0.3 is 39.0 Å². The van der Waals surface area contributed by atoms with Gasteiger partial charge in [-0.15, -0.1) is 0 Å². The van der Waals surface area contributed by atoms with Crippen molar-refractivity contribution >= 4 is 13.8 Å². The van der Waals surface area contributed by atoms with Crippen LogP contribution in [0.2, 0.25) is 0 Å². The first-order valence-corrected chi connectivity index (χ1v) is 25.9. The fourth-order valence-corrected chi connectivity index (χ4v) is 8.25. The molecule has 0 bridgehead atoms. The normalized spacial score (nSPS) is 23.2. The molecular weight excluding hydrogens is 920 g/mol. The van der Waals surface area contributed by atoms with Crippen molar-refractivity contribution < 1.29 is 77.9 Å². The van der Waals surface area contributed by atoms with E-state index < -0.39 is 7.81 Å². The van der Waals surface area contributed by atoms with Gasteiger partial charge in [-0.05, 0) is 71.1 Å². The van der Waals surface area contributed by atoms with Crippen LogP contribution in [0.4, 0.5) is 25.2 Å². The van der Waals surface area contributed by atoms with Gasteiger partial charge < -0.3 is 47.9 Å². The van der Waals surface area contributed by atoms with Crippen LogP contribution in [0, 0.1) is 27.7 Å². The van der Waals surface area contributed by atoms with E-state index in [0.717, 1.165) is 55.5 Å². The maximum absolute atomic E-state index is 12.3. The SMILES string of the molecule is C1CCC2OCCOCCOCCOC3CCCCC3OCCOCCOCCOC2C1.Cc1cc(C)cc(C[NH2+]Cc2ccc(COC(=O)c3cc(C)cc(C)c3)cc2)c1.F[P-](F)(F)(F)(F)F. The van der Waals surface area contributed by atoms with Crippen LogP contribution in [-0.4, -0.2) is 110 Å². The van der Waals surface area contributed by atoms with Gasteiger partial charge in [-0.25, -0.2) is 4.79 Å². The van der Waals surface area contributed by atoms with E-state index in [1.165, 1.54) is 47.9 Å². The Morgan fingerprint density at radius 2 is 0.794 bits per heavy atom. The molecule has 2 N–H and O–H groups in total. The van der Waals surface area contributed by atoms with E-state index in [9.17, 15) is 30.0 Å². The van der Waals surface area contributed by atoms with Crippen LogP contribution in [0.5, 0.6) is 0 Å². The Kier molecular flexibility index (Phi) is 24.1. The Morgan fingerprint density at radius 1 is 0.485 bits per heavy atom. The third-order valence-corrected chi connectivity index (χ3v) is 11.2. The summed E-state index contributed by atoms with van der Waals surface area (Å²) in [7, 11) is -10.7. The van der Waals surface area contributed by atoms with Gasteiger partial charge in [-0.3, -0.25) is 0 Å². The predicted octanol–water partition coefficient (Wildman–Crippen LogP) is 10.7. The molecule has 2 saturated carbocycles. The molecule has 11 nitrogen and oxygen atoms in total. The van der Waals surface area contributed by atoms with Gasteiger partial charge in [0.05, 0.1) is 109 Å². The molecule has 4 atom stereocenters. The Morgan fingerprint density at radius 3 is 1.16 bits per heavy atom. The number of carbonyl (C=O) groups is 1. The molecule has 18 heteroatoms. The van der Waals surface area contributed by atoms with Crippen LogP contribution in [0.25, 0.3) is 0 Å². The number of halogens is 6. The van der Waals surface area contributed by atoms with Gasteiger partial charge in [0, 0.05) is 11.1 Å². The van der Waals surface area contributed by atoms with E-state index in [-0.39, 0.29) is 30.4 Å². The van der Waals surface area contributed by atoms with Crippen molar-refractivity contribution in [3.8, 4) is 0 Å². The number of rotatable bonds is 7. The molecule has 3 aromatic rings. The van der Waals surface area contributed by atoms with Gasteiger partial charge in [0.2, 0.25) is 0 Å². The molecule has 3 aliphatic rings. The van der Waals surface area contributed by atoms with Gasteiger partial charge in [-0.1, -0.05) is 96.5 Å². The topological polar surface area (TPSA) is 117 Å². The summed E-state index contributed by atoms with van der Waals surface area (Å²) >= 11 is 0. The number of aryl methyl sites for hydroxylation is 4. The van der Waals surface area contributed by atoms with Crippen molar-refractivity contribution in [2.24, 2.45) is 0 Å². The molecule has 0 spiro atoms. The Bertz CT molecular complexity index is 1780. The molecule has 1 aliphatic heterocycles. The van der Waals surface area contributed by atoms with E-state index in [1.807, 2.05) is 44.2 Å². The van der Waals surface area contributed by atoms with Crippen LogP contribution in [0.1, 0.15) is 101 Å². The van der Waals surface area contributed by atoms with Crippen molar-refractivity contribution in [1.82, 2.24) is 0 Å². The number of hydrogen-bond acceptors (Lipinski definition) is 10. The molecule has 2 aliphatic carbocycles. The monoisotopic (exact) mass is 993 g/mol. The number of nitrogens with two attached hydrogens (primary N) is 1. The van der Waals surface area contributed by atoms with E-state index in [4.69, 9.17) is 42.6 Å². The molecule has 0 aromatic heterocycles. The summed E-state index contributed by atoms with van der Waals surface area (Å²) in [5.74, 6) is -0.275. The number of benzene rings is 3. The summed E-state index contributed by atoms with van der Waals surface area (Å²) in [6.07, 6.45) is 9.58. The number of carbonyl (C=O) groups excluding carboxylic acids is 1. The van der Waals surface area contributed by atoms with Crippen molar-refractivity contribution in [3.05, 3.63) is 105 Å². The average molecular weight is 994 g/mol. The molecule has 6 rings (SSSR count). The summed E-state index contributed by atoms with van der Waals surface area (Å²) in [4.78, 5) is 12.3. The van der Waals surface area contributed by atoms with E-state index in [0.29, 0.717) is 91.5 Å². The van der Waals surface area contributed by atoms with Crippen molar-refractivity contribution in [2.75, 3.05) is 79.3 Å².